The Kier molecular flexibility index (Phi) is 4.98. The van der Waals surface area contributed by atoms with Crippen LogP contribution in [0.1, 0.15) is 24.3 Å². The number of para-hydroxylation sites is 1. The lowest BCUT2D eigenvalue weighted by molar-refractivity contribution is -0.158. The first-order valence-corrected chi connectivity index (χ1v) is 12.1. The maximum atomic E-state index is 13.6. The Morgan fingerprint density at radius 3 is 2.83 bits per heavy atom. The van der Waals surface area contributed by atoms with E-state index in [2.05, 4.69) is 0 Å². The molecule has 0 fully saturated rings. The molecule has 0 N–H and O–H groups in total. The lowest BCUT2D eigenvalue weighted by Gasteiger charge is -2.44. The van der Waals surface area contributed by atoms with E-state index in [0.717, 1.165) is 11.1 Å². The monoisotopic (exact) mass is 506 g/mol. The van der Waals surface area contributed by atoms with Crippen LogP contribution < -0.4 is 19.6 Å². The summed E-state index contributed by atoms with van der Waals surface area (Å²) in [5.74, 6) is 0.457. The highest BCUT2D eigenvalue weighted by molar-refractivity contribution is 7.07. The Morgan fingerprint density at radius 2 is 2.03 bits per heavy atom. The summed E-state index contributed by atoms with van der Waals surface area (Å²) in [6.07, 6.45) is 1.69. The first-order chi connectivity index (χ1) is 16.9. The van der Waals surface area contributed by atoms with Gasteiger partial charge in [-0.3, -0.25) is 14.2 Å². The number of thiazole rings is 1. The van der Waals surface area contributed by atoms with E-state index in [1.54, 1.807) is 29.7 Å². The molecule has 0 saturated heterocycles. The molecule has 2 bridgehead atoms. The van der Waals surface area contributed by atoms with Crippen molar-refractivity contribution >= 4 is 35.0 Å². The van der Waals surface area contributed by atoms with Crippen molar-refractivity contribution in [1.82, 2.24) is 4.57 Å². The van der Waals surface area contributed by atoms with Crippen LogP contribution in [0.4, 0.5) is 0 Å². The quantitative estimate of drug-likeness (QED) is 0.395. The topological polar surface area (TPSA) is 83.0 Å². The van der Waals surface area contributed by atoms with Crippen LogP contribution in [0.5, 0.6) is 5.75 Å². The molecule has 0 aliphatic carbocycles. The fourth-order valence-corrected chi connectivity index (χ4v) is 6.06. The number of rotatable bonds is 3. The molecule has 3 unspecified atom stereocenters. The van der Waals surface area contributed by atoms with Gasteiger partial charge in [0.05, 0.1) is 17.7 Å². The predicted molar refractivity (Wildman–Crippen MR) is 131 cm³/mol. The molecule has 6 rings (SSSR count). The molecule has 0 amide bonds. The van der Waals surface area contributed by atoms with Crippen LogP contribution in [-0.2, 0) is 9.53 Å². The molecule has 2 aromatic carbocycles. The standard InChI is InChI=1S/C26H19ClN2O5S/c1-26-21(24(31)32-2)22(17-8-3-4-9-19(17)34-26)29-23(30)20(35-25(29)28-26)13-16-10-11-18(33-16)14-6-5-7-15(27)12-14/h3-13,21-22H,1-2H3/b20-13-. The number of carbonyl (C=O) groups excluding carboxylic acids is 1. The second-order valence-corrected chi connectivity index (χ2v) is 9.98. The lowest BCUT2D eigenvalue weighted by atomic mass is 9.81. The third-order valence-electron chi connectivity index (χ3n) is 6.34. The lowest BCUT2D eigenvalue weighted by Crippen LogP contribution is -2.58. The molecule has 0 radical (unpaired) electrons. The number of ether oxygens (including phenoxy) is 2. The van der Waals surface area contributed by atoms with Crippen molar-refractivity contribution in [3.8, 4) is 17.1 Å². The summed E-state index contributed by atoms with van der Waals surface area (Å²) in [7, 11) is 1.33. The van der Waals surface area contributed by atoms with Crippen molar-refractivity contribution in [2.75, 3.05) is 7.11 Å². The van der Waals surface area contributed by atoms with E-state index in [0.29, 0.717) is 31.6 Å². The first-order valence-electron chi connectivity index (χ1n) is 10.9. The van der Waals surface area contributed by atoms with E-state index >= 15 is 0 Å². The first kappa shape index (κ1) is 21.9. The zero-order chi connectivity index (χ0) is 24.3. The second-order valence-electron chi connectivity index (χ2n) is 8.53. The molecule has 4 aromatic rings. The number of esters is 1. The summed E-state index contributed by atoms with van der Waals surface area (Å²) in [5.41, 5.74) is 0.118. The van der Waals surface area contributed by atoms with E-state index in [9.17, 15) is 9.59 Å². The molecule has 0 saturated carbocycles. The van der Waals surface area contributed by atoms with Crippen LogP contribution in [-0.4, -0.2) is 23.4 Å². The number of fused-ring (bicyclic) bond motifs is 6. The molecule has 176 valence electrons. The molecule has 35 heavy (non-hydrogen) atoms. The minimum Gasteiger partial charge on any atom is -0.469 e. The van der Waals surface area contributed by atoms with Crippen molar-refractivity contribution in [3.63, 3.8) is 0 Å². The minimum atomic E-state index is -1.20. The highest BCUT2D eigenvalue weighted by Gasteiger charge is 2.55. The smallest absolute Gasteiger partial charge is 0.317 e. The van der Waals surface area contributed by atoms with Crippen molar-refractivity contribution in [3.05, 3.63) is 96.7 Å². The summed E-state index contributed by atoms with van der Waals surface area (Å²) >= 11 is 7.33. The number of carbonyl (C=O) groups is 1. The van der Waals surface area contributed by atoms with Gasteiger partial charge in [-0.25, -0.2) is 4.99 Å². The Hall–Kier alpha value is -3.62. The molecule has 9 heteroatoms. The number of hydrogen-bond acceptors (Lipinski definition) is 7. The van der Waals surface area contributed by atoms with Gasteiger partial charge < -0.3 is 13.9 Å². The fourth-order valence-electron chi connectivity index (χ4n) is 4.79. The van der Waals surface area contributed by atoms with Crippen molar-refractivity contribution in [1.29, 1.82) is 0 Å². The molecule has 2 aliphatic heterocycles. The van der Waals surface area contributed by atoms with Gasteiger partial charge in [-0.1, -0.05) is 53.3 Å². The van der Waals surface area contributed by atoms with Crippen molar-refractivity contribution in [2.45, 2.75) is 18.7 Å². The number of nitrogens with zero attached hydrogens (tertiary/aromatic N) is 2. The van der Waals surface area contributed by atoms with Gasteiger partial charge in [-0.15, -0.1) is 0 Å². The summed E-state index contributed by atoms with van der Waals surface area (Å²) in [6, 6.07) is 17.8. The third-order valence-corrected chi connectivity index (χ3v) is 7.56. The average Bonchev–Trinajstić information content (AvgIpc) is 3.42. The highest BCUT2D eigenvalue weighted by Crippen LogP contribution is 2.47. The number of benzene rings is 2. The Bertz CT molecular complexity index is 1670. The predicted octanol–water partition coefficient (Wildman–Crippen LogP) is 3.77. The average molecular weight is 507 g/mol. The molecule has 2 aromatic heterocycles. The van der Waals surface area contributed by atoms with E-state index in [4.69, 9.17) is 30.5 Å². The maximum absolute atomic E-state index is 13.6. The molecule has 4 heterocycles. The van der Waals surface area contributed by atoms with Crippen LogP contribution >= 0.6 is 22.9 Å². The Morgan fingerprint density at radius 1 is 1.20 bits per heavy atom. The van der Waals surface area contributed by atoms with Crippen LogP contribution in [0.25, 0.3) is 17.4 Å². The largest absolute Gasteiger partial charge is 0.469 e. The van der Waals surface area contributed by atoms with Crippen molar-refractivity contribution < 1.29 is 18.7 Å². The van der Waals surface area contributed by atoms with Crippen LogP contribution in [0.15, 0.2) is 74.9 Å². The van der Waals surface area contributed by atoms with Gasteiger partial charge in [0.1, 0.15) is 23.2 Å². The van der Waals surface area contributed by atoms with Crippen LogP contribution in [0, 0.1) is 5.92 Å². The molecule has 2 aliphatic rings. The van der Waals surface area contributed by atoms with E-state index in [-0.39, 0.29) is 5.56 Å². The molecular formula is C26H19ClN2O5S. The SMILES string of the molecule is COC(=O)C1C2c3ccccc3OC1(C)N=c1s/c(=C\c3ccc(-c4cccc(Cl)c4)o3)c(=O)n12. The number of furan rings is 1. The molecular weight excluding hydrogens is 488 g/mol. The Balaban J connectivity index is 1.51. The minimum absolute atomic E-state index is 0.257. The summed E-state index contributed by atoms with van der Waals surface area (Å²) in [5, 5.41) is 0.609. The molecule has 7 nitrogen and oxygen atoms in total. The van der Waals surface area contributed by atoms with E-state index in [1.165, 1.54) is 18.4 Å². The van der Waals surface area contributed by atoms with Gasteiger partial charge in [0.2, 0.25) is 5.72 Å². The van der Waals surface area contributed by atoms with Crippen molar-refractivity contribution in [2.24, 2.45) is 10.9 Å². The Labute approximate surface area is 208 Å². The summed E-state index contributed by atoms with van der Waals surface area (Å²) in [4.78, 5) is 31.7. The summed E-state index contributed by atoms with van der Waals surface area (Å²) in [6.45, 7) is 1.75. The second kappa shape index (κ2) is 7.96. The third kappa shape index (κ3) is 3.44. The number of halogens is 1. The molecule has 3 atom stereocenters. The van der Waals surface area contributed by atoms with Gasteiger partial charge in [0.15, 0.2) is 4.80 Å². The van der Waals surface area contributed by atoms with Gasteiger partial charge in [-0.05, 0) is 37.3 Å². The normalized spacial score (nSPS) is 22.5. The van der Waals surface area contributed by atoms with Gasteiger partial charge in [0.25, 0.3) is 5.56 Å². The van der Waals surface area contributed by atoms with Crippen LogP contribution in [0.3, 0.4) is 0 Å². The zero-order valence-electron chi connectivity index (χ0n) is 18.7. The number of aromatic nitrogens is 1. The van der Waals surface area contributed by atoms with E-state index < -0.39 is 23.7 Å². The van der Waals surface area contributed by atoms with E-state index in [1.807, 2.05) is 48.5 Å². The van der Waals surface area contributed by atoms with Gasteiger partial charge in [-0.2, -0.15) is 0 Å². The van der Waals surface area contributed by atoms with Crippen LogP contribution in [0.2, 0.25) is 5.02 Å². The van der Waals surface area contributed by atoms with Gasteiger partial charge in [0, 0.05) is 22.2 Å². The number of methoxy groups -OCH3 is 1. The molecule has 0 spiro atoms. The zero-order valence-corrected chi connectivity index (χ0v) is 20.3. The fraction of sp³-hybridized carbons (Fsp3) is 0.192. The number of hydrogen-bond donors (Lipinski definition) is 0. The van der Waals surface area contributed by atoms with Gasteiger partial charge >= 0.3 is 5.97 Å². The summed E-state index contributed by atoms with van der Waals surface area (Å²) < 4.78 is 19.3. The highest BCUT2D eigenvalue weighted by atomic mass is 35.5. The maximum Gasteiger partial charge on any atom is 0.317 e.